The number of para-hydroxylation sites is 1. The number of benzene rings is 1. The number of nitrogens with one attached hydrogen (secondary N) is 1. The lowest BCUT2D eigenvalue weighted by Gasteiger charge is -2.18. The third kappa shape index (κ3) is 5.46. The SMILES string of the molecule is CCCCC(CN)NC(=O)c1cnn(-c2ccccc2C)c1C(F)(F)F.Cl. The van der Waals surface area contributed by atoms with Gasteiger partial charge in [0.2, 0.25) is 0 Å². The molecule has 0 bridgehead atoms. The molecule has 3 N–H and O–H groups in total. The van der Waals surface area contributed by atoms with Crippen molar-refractivity contribution in [2.75, 3.05) is 6.54 Å². The van der Waals surface area contributed by atoms with Gasteiger partial charge in [-0.1, -0.05) is 38.0 Å². The van der Waals surface area contributed by atoms with E-state index in [4.69, 9.17) is 5.73 Å². The number of hydrogen-bond acceptors (Lipinski definition) is 3. The van der Waals surface area contributed by atoms with E-state index in [0.717, 1.165) is 23.7 Å². The number of carbonyl (C=O) groups is 1. The van der Waals surface area contributed by atoms with Gasteiger partial charge in [-0.15, -0.1) is 12.4 Å². The molecule has 0 saturated carbocycles. The molecule has 2 rings (SSSR count). The standard InChI is InChI=1S/C18H23F3N4O.ClH/c1-3-4-8-13(10-22)24-17(26)14-11-23-25(16(14)18(19,20)21)15-9-6-5-7-12(15)2;/h5-7,9,11,13H,3-4,8,10,22H2,1-2H3,(H,24,26);1H. The first-order valence-corrected chi connectivity index (χ1v) is 8.51. The van der Waals surface area contributed by atoms with Crippen LogP contribution >= 0.6 is 12.4 Å². The number of hydrogen-bond donors (Lipinski definition) is 2. The van der Waals surface area contributed by atoms with Crippen LogP contribution in [0.1, 0.15) is 47.8 Å². The fourth-order valence-electron chi connectivity index (χ4n) is 2.73. The zero-order chi connectivity index (χ0) is 19.3. The number of rotatable bonds is 7. The molecule has 0 aliphatic heterocycles. The van der Waals surface area contributed by atoms with Gasteiger partial charge in [0.1, 0.15) is 0 Å². The highest BCUT2D eigenvalue weighted by atomic mass is 35.5. The van der Waals surface area contributed by atoms with Crippen LogP contribution in [-0.4, -0.2) is 28.3 Å². The van der Waals surface area contributed by atoms with Gasteiger partial charge in [-0.2, -0.15) is 18.3 Å². The van der Waals surface area contributed by atoms with E-state index in [-0.39, 0.29) is 30.7 Å². The summed E-state index contributed by atoms with van der Waals surface area (Å²) in [5.74, 6) is -0.816. The third-order valence-corrected chi connectivity index (χ3v) is 4.15. The lowest BCUT2D eigenvalue weighted by molar-refractivity contribution is -0.143. The summed E-state index contributed by atoms with van der Waals surface area (Å²) in [6.07, 6.45) is -1.42. The van der Waals surface area contributed by atoms with Crippen LogP contribution in [0.3, 0.4) is 0 Å². The highest BCUT2D eigenvalue weighted by molar-refractivity contribution is 5.95. The lowest BCUT2D eigenvalue weighted by atomic mass is 10.1. The summed E-state index contributed by atoms with van der Waals surface area (Å²) in [7, 11) is 0. The number of amides is 1. The molecule has 0 aliphatic rings. The van der Waals surface area contributed by atoms with Gasteiger partial charge >= 0.3 is 6.18 Å². The quantitative estimate of drug-likeness (QED) is 0.735. The largest absolute Gasteiger partial charge is 0.434 e. The number of halogens is 4. The van der Waals surface area contributed by atoms with Gasteiger partial charge in [0.25, 0.3) is 5.91 Å². The van der Waals surface area contributed by atoms with Crippen molar-refractivity contribution in [3.05, 3.63) is 47.3 Å². The van der Waals surface area contributed by atoms with Gasteiger partial charge in [-0.05, 0) is 25.0 Å². The number of nitrogens with zero attached hydrogens (tertiary/aromatic N) is 2. The highest BCUT2D eigenvalue weighted by Crippen LogP contribution is 2.34. The van der Waals surface area contributed by atoms with Crippen molar-refractivity contribution in [3.8, 4) is 5.69 Å². The normalized spacial score (nSPS) is 12.4. The summed E-state index contributed by atoms with van der Waals surface area (Å²) >= 11 is 0. The van der Waals surface area contributed by atoms with Crippen molar-refractivity contribution in [1.82, 2.24) is 15.1 Å². The number of aryl methyl sites for hydroxylation is 1. The van der Waals surface area contributed by atoms with E-state index < -0.39 is 23.3 Å². The van der Waals surface area contributed by atoms with Gasteiger partial charge in [-0.3, -0.25) is 4.79 Å². The maximum atomic E-state index is 13.7. The Hall–Kier alpha value is -2.06. The molecule has 0 saturated heterocycles. The van der Waals surface area contributed by atoms with E-state index in [0.29, 0.717) is 12.0 Å². The molecule has 5 nitrogen and oxygen atoms in total. The lowest BCUT2D eigenvalue weighted by Crippen LogP contribution is -2.40. The van der Waals surface area contributed by atoms with E-state index in [1.807, 2.05) is 6.92 Å². The fourth-order valence-corrected chi connectivity index (χ4v) is 2.73. The predicted molar refractivity (Wildman–Crippen MR) is 100 cm³/mol. The summed E-state index contributed by atoms with van der Waals surface area (Å²) in [6, 6.07) is 6.20. The average molecular weight is 405 g/mol. The van der Waals surface area contributed by atoms with E-state index in [1.165, 1.54) is 6.07 Å². The van der Waals surface area contributed by atoms with E-state index >= 15 is 0 Å². The van der Waals surface area contributed by atoms with Crippen LogP contribution in [0.15, 0.2) is 30.5 Å². The van der Waals surface area contributed by atoms with Gasteiger partial charge < -0.3 is 11.1 Å². The number of aromatic nitrogens is 2. The van der Waals surface area contributed by atoms with Crippen LogP contribution in [-0.2, 0) is 6.18 Å². The molecule has 1 aromatic carbocycles. The van der Waals surface area contributed by atoms with E-state index in [1.54, 1.807) is 25.1 Å². The highest BCUT2D eigenvalue weighted by Gasteiger charge is 2.41. The molecule has 0 aliphatic carbocycles. The van der Waals surface area contributed by atoms with Crippen LogP contribution < -0.4 is 11.1 Å². The van der Waals surface area contributed by atoms with Crippen LogP contribution in [0.5, 0.6) is 0 Å². The summed E-state index contributed by atoms with van der Waals surface area (Å²) < 4.78 is 41.8. The van der Waals surface area contributed by atoms with Crippen LogP contribution in [0.2, 0.25) is 0 Å². The molecule has 1 atom stereocenters. The van der Waals surface area contributed by atoms with Gasteiger partial charge in [0.05, 0.1) is 17.4 Å². The van der Waals surface area contributed by atoms with Crippen molar-refractivity contribution in [2.45, 2.75) is 45.3 Å². The Morgan fingerprint density at radius 2 is 2.00 bits per heavy atom. The Bertz CT molecular complexity index is 761. The second-order valence-corrected chi connectivity index (χ2v) is 6.15. The Kier molecular flexibility index (Phi) is 8.30. The van der Waals surface area contributed by atoms with Crippen LogP contribution in [0.25, 0.3) is 5.69 Å². The molecule has 27 heavy (non-hydrogen) atoms. The summed E-state index contributed by atoms with van der Waals surface area (Å²) in [5.41, 5.74) is 4.93. The first-order valence-electron chi connectivity index (χ1n) is 8.51. The Labute approximate surface area is 162 Å². The summed E-state index contributed by atoms with van der Waals surface area (Å²) in [4.78, 5) is 12.5. The van der Waals surface area contributed by atoms with Crippen molar-refractivity contribution < 1.29 is 18.0 Å². The molecule has 150 valence electrons. The monoisotopic (exact) mass is 404 g/mol. The van der Waals surface area contributed by atoms with Gasteiger partial charge in [0, 0.05) is 12.6 Å². The van der Waals surface area contributed by atoms with Crippen molar-refractivity contribution in [3.63, 3.8) is 0 Å². The maximum Gasteiger partial charge on any atom is 0.434 e. The van der Waals surface area contributed by atoms with Crippen LogP contribution in [0, 0.1) is 6.92 Å². The van der Waals surface area contributed by atoms with Crippen molar-refractivity contribution in [2.24, 2.45) is 5.73 Å². The number of unbranched alkanes of at least 4 members (excludes halogenated alkanes) is 1. The third-order valence-electron chi connectivity index (χ3n) is 4.15. The van der Waals surface area contributed by atoms with Crippen LogP contribution in [0.4, 0.5) is 13.2 Å². The first-order chi connectivity index (χ1) is 12.3. The van der Waals surface area contributed by atoms with Crippen molar-refractivity contribution >= 4 is 18.3 Å². The van der Waals surface area contributed by atoms with E-state index in [9.17, 15) is 18.0 Å². The molecule has 2 aromatic rings. The molecule has 0 spiro atoms. The number of alkyl halides is 3. The molecular weight excluding hydrogens is 381 g/mol. The molecular formula is C18H24ClF3N4O. The minimum atomic E-state index is -4.73. The number of nitrogens with two attached hydrogens (primary N) is 1. The molecule has 1 amide bonds. The topological polar surface area (TPSA) is 72.9 Å². The maximum absolute atomic E-state index is 13.7. The Balaban J connectivity index is 0.00000364. The molecule has 0 radical (unpaired) electrons. The molecule has 0 fully saturated rings. The van der Waals surface area contributed by atoms with E-state index in [2.05, 4.69) is 10.4 Å². The molecule has 1 heterocycles. The second kappa shape index (κ2) is 9.75. The minimum absolute atomic E-state index is 0. The summed E-state index contributed by atoms with van der Waals surface area (Å²) in [5, 5.41) is 6.43. The summed E-state index contributed by atoms with van der Waals surface area (Å²) in [6.45, 7) is 3.84. The molecule has 9 heteroatoms. The smallest absolute Gasteiger partial charge is 0.348 e. The second-order valence-electron chi connectivity index (χ2n) is 6.15. The molecule has 1 unspecified atom stereocenters. The number of carbonyl (C=O) groups excluding carboxylic acids is 1. The van der Waals surface area contributed by atoms with Crippen molar-refractivity contribution in [1.29, 1.82) is 0 Å². The van der Waals surface area contributed by atoms with Gasteiger partial charge in [0.15, 0.2) is 5.69 Å². The Morgan fingerprint density at radius 3 is 2.56 bits per heavy atom. The zero-order valence-electron chi connectivity index (χ0n) is 15.2. The fraction of sp³-hybridized carbons (Fsp3) is 0.444. The Morgan fingerprint density at radius 1 is 1.33 bits per heavy atom. The zero-order valence-corrected chi connectivity index (χ0v) is 16.0. The minimum Gasteiger partial charge on any atom is -0.348 e. The first kappa shape index (κ1) is 23.0. The average Bonchev–Trinajstić information content (AvgIpc) is 3.04. The van der Waals surface area contributed by atoms with Gasteiger partial charge in [-0.25, -0.2) is 4.68 Å². The predicted octanol–water partition coefficient (Wildman–Crippen LogP) is 3.87. The molecule has 1 aromatic heterocycles.